The van der Waals surface area contributed by atoms with Crippen molar-refractivity contribution in [2.75, 3.05) is 6.61 Å². The molecule has 5 heteroatoms. The third-order valence-corrected chi connectivity index (χ3v) is 5.71. The van der Waals surface area contributed by atoms with Crippen molar-refractivity contribution in [2.24, 2.45) is 0 Å². The highest BCUT2D eigenvalue weighted by Crippen LogP contribution is 2.26. The number of hydrogen-bond donors (Lipinski definition) is 0. The first-order valence-corrected chi connectivity index (χ1v) is 10.4. The summed E-state index contributed by atoms with van der Waals surface area (Å²) in [6.45, 7) is 7.65. The van der Waals surface area contributed by atoms with Crippen molar-refractivity contribution in [2.45, 2.75) is 33.9 Å². The van der Waals surface area contributed by atoms with E-state index in [9.17, 15) is 0 Å². The van der Waals surface area contributed by atoms with Crippen LogP contribution in [0.1, 0.15) is 22.5 Å². The Bertz CT molecular complexity index is 1140. The number of imidazole rings is 1. The van der Waals surface area contributed by atoms with E-state index in [2.05, 4.69) is 17.6 Å². The molecule has 0 saturated carbocycles. The Labute approximate surface area is 182 Å². The second-order valence-electron chi connectivity index (χ2n) is 7.49. The molecule has 0 N–H and O–H groups in total. The van der Waals surface area contributed by atoms with Crippen LogP contribution < -0.4 is 9.47 Å². The van der Waals surface area contributed by atoms with Crippen molar-refractivity contribution in [1.29, 1.82) is 0 Å². The zero-order valence-electron chi connectivity index (χ0n) is 17.5. The van der Waals surface area contributed by atoms with E-state index in [0.717, 1.165) is 44.5 Å². The van der Waals surface area contributed by atoms with Crippen LogP contribution in [0.3, 0.4) is 0 Å². The van der Waals surface area contributed by atoms with Crippen molar-refractivity contribution in [3.8, 4) is 11.5 Å². The molecule has 4 rings (SSSR count). The van der Waals surface area contributed by atoms with Gasteiger partial charge in [0.2, 0.25) is 0 Å². The van der Waals surface area contributed by atoms with Gasteiger partial charge >= 0.3 is 0 Å². The zero-order valence-corrected chi connectivity index (χ0v) is 18.2. The summed E-state index contributed by atoms with van der Waals surface area (Å²) in [6, 6.07) is 20.1. The van der Waals surface area contributed by atoms with Crippen LogP contribution in [0.5, 0.6) is 11.5 Å². The van der Waals surface area contributed by atoms with E-state index in [1.54, 1.807) is 0 Å². The summed E-state index contributed by atoms with van der Waals surface area (Å²) < 4.78 is 14.2. The molecule has 0 atom stereocenters. The monoisotopic (exact) mass is 420 g/mol. The van der Waals surface area contributed by atoms with Gasteiger partial charge in [-0.25, -0.2) is 4.98 Å². The summed E-state index contributed by atoms with van der Waals surface area (Å²) in [6.07, 6.45) is 0. The SMILES string of the molecule is Cc1ccc(OCc2nc3ccccc3n2CCOc2cc(C)c(Cl)c(C)c2)cc1. The molecule has 1 heterocycles. The highest BCUT2D eigenvalue weighted by Gasteiger charge is 2.12. The minimum atomic E-state index is 0.400. The predicted molar refractivity (Wildman–Crippen MR) is 122 cm³/mol. The molecule has 0 saturated heterocycles. The quantitative estimate of drug-likeness (QED) is 0.353. The fraction of sp³-hybridized carbons (Fsp3) is 0.240. The number of hydrogen-bond acceptors (Lipinski definition) is 3. The van der Waals surface area contributed by atoms with E-state index < -0.39 is 0 Å². The van der Waals surface area contributed by atoms with E-state index in [4.69, 9.17) is 26.1 Å². The summed E-state index contributed by atoms with van der Waals surface area (Å²) in [5, 5.41) is 0.790. The molecule has 0 bridgehead atoms. The van der Waals surface area contributed by atoms with Crippen molar-refractivity contribution in [3.05, 3.63) is 88.2 Å². The van der Waals surface area contributed by atoms with Crippen LogP contribution in [0.4, 0.5) is 0 Å². The summed E-state index contributed by atoms with van der Waals surface area (Å²) in [4.78, 5) is 4.78. The van der Waals surface area contributed by atoms with Crippen molar-refractivity contribution >= 4 is 22.6 Å². The topological polar surface area (TPSA) is 36.3 Å². The highest BCUT2D eigenvalue weighted by molar-refractivity contribution is 6.32. The maximum Gasteiger partial charge on any atom is 0.148 e. The van der Waals surface area contributed by atoms with Gasteiger partial charge in [0.1, 0.15) is 30.5 Å². The number of rotatable bonds is 7. The molecule has 0 aliphatic heterocycles. The van der Waals surface area contributed by atoms with Crippen LogP contribution in [0.15, 0.2) is 60.7 Å². The normalized spacial score (nSPS) is 11.1. The Morgan fingerprint density at radius 2 is 1.57 bits per heavy atom. The third kappa shape index (κ3) is 4.44. The second kappa shape index (κ2) is 8.80. The van der Waals surface area contributed by atoms with Gasteiger partial charge in [-0.3, -0.25) is 0 Å². The third-order valence-electron chi connectivity index (χ3n) is 5.12. The van der Waals surface area contributed by atoms with Crippen molar-refractivity contribution in [1.82, 2.24) is 9.55 Å². The standard InChI is InChI=1S/C25H25ClN2O2/c1-17-8-10-20(11-9-17)30-16-24-27-22-6-4-5-7-23(22)28(24)12-13-29-21-14-18(2)25(26)19(3)15-21/h4-11,14-15H,12-13,16H2,1-3H3. The number of nitrogens with zero attached hydrogens (tertiary/aromatic N) is 2. The number of aromatic nitrogens is 2. The van der Waals surface area contributed by atoms with Gasteiger partial charge in [0.15, 0.2) is 0 Å². The van der Waals surface area contributed by atoms with Gasteiger partial charge in [-0.1, -0.05) is 41.4 Å². The first-order chi connectivity index (χ1) is 14.5. The molecule has 0 radical (unpaired) electrons. The first-order valence-electron chi connectivity index (χ1n) is 10.0. The molecule has 0 fully saturated rings. The molecular weight excluding hydrogens is 396 g/mol. The predicted octanol–water partition coefficient (Wildman–Crippen LogP) is 6.27. The largest absolute Gasteiger partial charge is 0.492 e. The van der Waals surface area contributed by atoms with Crippen molar-refractivity contribution < 1.29 is 9.47 Å². The van der Waals surface area contributed by atoms with E-state index >= 15 is 0 Å². The van der Waals surface area contributed by atoms with Crippen LogP contribution in [-0.2, 0) is 13.2 Å². The molecule has 154 valence electrons. The Morgan fingerprint density at radius 1 is 0.867 bits per heavy atom. The minimum Gasteiger partial charge on any atom is -0.492 e. The molecule has 3 aromatic carbocycles. The lowest BCUT2D eigenvalue weighted by Gasteiger charge is -2.13. The molecule has 30 heavy (non-hydrogen) atoms. The minimum absolute atomic E-state index is 0.400. The Kier molecular flexibility index (Phi) is 5.96. The number of ether oxygens (including phenoxy) is 2. The Balaban J connectivity index is 1.50. The molecule has 1 aromatic heterocycles. The van der Waals surface area contributed by atoms with Gasteiger partial charge in [-0.15, -0.1) is 0 Å². The number of aryl methyl sites for hydroxylation is 3. The van der Waals surface area contributed by atoms with Gasteiger partial charge in [-0.2, -0.15) is 0 Å². The highest BCUT2D eigenvalue weighted by atomic mass is 35.5. The molecule has 0 aliphatic rings. The lowest BCUT2D eigenvalue weighted by molar-refractivity contribution is 0.272. The van der Waals surface area contributed by atoms with Crippen LogP contribution in [0, 0.1) is 20.8 Å². The smallest absolute Gasteiger partial charge is 0.148 e. The Hall–Kier alpha value is -2.98. The van der Waals surface area contributed by atoms with Gasteiger partial charge in [0, 0.05) is 5.02 Å². The maximum absolute atomic E-state index is 6.26. The van der Waals surface area contributed by atoms with E-state index in [-0.39, 0.29) is 0 Å². The fourth-order valence-electron chi connectivity index (χ4n) is 3.51. The van der Waals surface area contributed by atoms with Crippen molar-refractivity contribution in [3.63, 3.8) is 0 Å². The summed E-state index contributed by atoms with van der Waals surface area (Å²) in [7, 11) is 0. The molecule has 0 amide bonds. The van der Waals surface area contributed by atoms with Crippen LogP contribution >= 0.6 is 11.6 Å². The number of fused-ring (bicyclic) bond motifs is 1. The van der Waals surface area contributed by atoms with E-state index in [1.807, 2.05) is 68.4 Å². The summed E-state index contributed by atoms with van der Waals surface area (Å²) in [5.74, 6) is 2.54. The van der Waals surface area contributed by atoms with Crippen LogP contribution in [0.2, 0.25) is 5.02 Å². The van der Waals surface area contributed by atoms with E-state index in [1.165, 1.54) is 5.56 Å². The molecule has 4 aromatic rings. The van der Waals surface area contributed by atoms with Gasteiger partial charge < -0.3 is 14.0 Å². The summed E-state index contributed by atoms with van der Waals surface area (Å²) in [5.41, 5.74) is 5.28. The lowest BCUT2D eigenvalue weighted by Crippen LogP contribution is -2.13. The lowest BCUT2D eigenvalue weighted by atomic mass is 10.1. The molecular formula is C25H25ClN2O2. The van der Waals surface area contributed by atoms with Gasteiger partial charge in [0.05, 0.1) is 17.6 Å². The molecule has 0 aliphatic carbocycles. The average molecular weight is 421 g/mol. The summed E-state index contributed by atoms with van der Waals surface area (Å²) >= 11 is 6.26. The molecule has 0 unspecified atom stereocenters. The number of benzene rings is 3. The molecule has 4 nitrogen and oxygen atoms in total. The van der Waals surface area contributed by atoms with Gasteiger partial charge in [-0.05, 0) is 68.3 Å². The average Bonchev–Trinajstić information content (AvgIpc) is 3.09. The first kappa shape index (κ1) is 20.3. The van der Waals surface area contributed by atoms with E-state index in [0.29, 0.717) is 19.8 Å². The molecule has 0 spiro atoms. The van der Waals surface area contributed by atoms with Crippen LogP contribution in [-0.4, -0.2) is 16.2 Å². The van der Waals surface area contributed by atoms with Crippen LogP contribution in [0.25, 0.3) is 11.0 Å². The maximum atomic E-state index is 6.26. The Morgan fingerprint density at radius 3 is 2.30 bits per heavy atom. The second-order valence-corrected chi connectivity index (χ2v) is 7.87. The zero-order chi connectivity index (χ0) is 21.1. The number of halogens is 1. The fourth-order valence-corrected chi connectivity index (χ4v) is 3.62. The number of para-hydroxylation sites is 2. The van der Waals surface area contributed by atoms with Gasteiger partial charge in [0.25, 0.3) is 0 Å².